The fraction of sp³-hybridized carbons (Fsp3) is 0.625. The number of nitrogens with two attached hydrogens (primary N) is 1. The summed E-state index contributed by atoms with van der Waals surface area (Å²) in [6, 6.07) is -1.44. The van der Waals surface area contributed by atoms with Gasteiger partial charge in [0.25, 0.3) is 0 Å². The van der Waals surface area contributed by atoms with Crippen molar-refractivity contribution in [1.29, 1.82) is 0 Å². The first-order chi connectivity index (χ1) is 15.4. The number of allylic oxidation sites excluding steroid dienone is 7. The fourth-order valence-corrected chi connectivity index (χ4v) is 9.65. The molecule has 4 N–H and O–H groups in total. The number of aliphatic carboxylic acids is 1. The van der Waals surface area contributed by atoms with Gasteiger partial charge in [0.1, 0.15) is 0 Å². The van der Waals surface area contributed by atoms with E-state index in [1.54, 1.807) is 18.2 Å². The number of rotatable bonds is 7. The molecule has 0 aromatic rings. The molecule has 0 aromatic carbocycles. The Labute approximate surface area is 214 Å². The summed E-state index contributed by atoms with van der Waals surface area (Å²) in [7, 11) is 0. The molecule has 4 rings (SSSR count). The molecule has 0 radical (unpaired) electrons. The van der Waals surface area contributed by atoms with E-state index < -0.39 is 54.7 Å². The van der Waals surface area contributed by atoms with E-state index >= 15 is 8.78 Å². The van der Waals surface area contributed by atoms with Gasteiger partial charge in [0.05, 0.1) is 0 Å². The van der Waals surface area contributed by atoms with Gasteiger partial charge in [-0.3, -0.25) is 0 Å². The van der Waals surface area contributed by atoms with E-state index in [-0.39, 0.29) is 22.9 Å². The summed E-state index contributed by atoms with van der Waals surface area (Å²) in [6.45, 7) is 4.35. The molecule has 4 nitrogen and oxygen atoms in total. The van der Waals surface area contributed by atoms with Gasteiger partial charge in [-0.15, -0.1) is 0 Å². The minimum atomic E-state index is -1.26. The first kappa shape index (κ1) is 25.6. The van der Waals surface area contributed by atoms with Gasteiger partial charge in [-0.2, -0.15) is 0 Å². The number of nitrogens with one attached hydrogen (secondary N) is 1. The zero-order valence-electron chi connectivity index (χ0n) is 18.7. The molecular formula is C24H30Cl2F2IN2O2-. The molecule has 1 saturated heterocycles. The Morgan fingerprint density at radius 2 is 2.06 bits per heavy atom. The van der Waals surface area contributed by atoms with E-state index in [0.717, 1.165) is 12.8 Å². The van der Waals surface area contributed by atoms with E-state index in [2.05, 4.69) is 19.2 Å². The Bertz CT molecular complexity index is 960. The predicted octanol–water partition coefficient (Wildman–Crippen LogP) is 2.49. The van der Waals surface area contributed by atoms with E-state index in [9.17, 15) is 9.90 Å². The van der Waals surface area contributed by atoms with Crippen molar-refractivity contribution in [1.82, 2.24) is 5.32 Å². The van der Waals surface area contributed by atoms with Crippen molar-refractivity contribution in [3.8, 4) is 0 Å². The van der Waals surface area contributed by atoms with Crippen LogP contribution in [0.4, 0.5) is 8.78 Å². The van der Waals surface area contributed by atoms with Crippen LogP contribution >= 0.6 is 23.2 Å². The van der Waals surface area contributed by atoms with Crippen molar-refractivity contribution in [3.63, 3.8) is 0 Å². The van der Waals surface area contributed by atoms with Crippen molar-refractivity contribution in [2.75, 3.05) is 0 Å². The van der Waals surface area contributed by atoms with E-state index in [4.69, 9.17) is 28.9 Å². The first-order valence-corrected chi connectivity index (χ1v) is 14.2. The number of hydrogen-bond acceptors (Lipinski definition) is 3. The molecule has 4 aliphatic rings. The van der Waals surface area contributed by atoms with Crippen molar-refractivity contribution in [2.24, 2.45) is 23.0 Å². The maximum atomic E-state index is 15.3. The minimum absolute atomic E-state index is 0.00216. The molecule has 0 amide bonds. The van der Waals surface area contributed by atoms with Crippen LogP contribution in [-0.2, 0) is 4.79 Å². The number of hydrogen-bond donors (Lipinski definition) is 3. The molecule has 9 heteroatoms. The molecule has 2 fully saturated rings. The number of halogens is 5. The van der Waals surface area contributed by atoms with Crippen LogP contribution in [-0.4, -0.2) is 32.9 Å². The van der Waals surface area contributed by atoms with Gasteiger partial charge in [0, 0.05) is 0 Å². The van der Waals surface area contributed by atoms with Crippen molar-refractivity contribution < 1.29 is 39.9 Å². The van der Waals surface area contributed by atoms with Crippen LogP contribution in [0, 0.1) is 17.3 Å². The summed E-state index contributed by atoms with van der Waals surface area (Å²) in [5.74, 6) is -1.91. The zero-order chi connectivity index (χ0) is 24.1. The molecule has 3 aliphatic carbocycles. The maximum absolute atomic E-state index is 15.3. The van der Waals surface area contributed by atoms with E-state index in [1.165, 1.54) is 0 Å². The first-order valence-electron chi connectivity index (χ1n) is 11.3. The quantitative estimate of drug-likeness (QED) is 0.234. The van der Waals surface area contributed by atoms with Crippen molar-refractivity contribution in [3.05, 3.63) is 43.3 Å². The number of carboxylic acid groups (broad SMARTS) is 1. The van der Waals surface area contributed by atoms with Gasteiger partial charge < -0.3 is 0 Å². The van der Waals surface area contributed by atoms with Gasteiger partial charge >= 0.3 is 215 Å². The SMILES string of the molecule is CC(C)(C[C@@H]1N[C@@H](C(=O)O)[C@H](C2=C(F)C(Cl)=CCC2)C1(N)[I-]C1=CC=C(Cl)CC1F)C1CC1. The summed E-state index contributed by atoms with van der Waals surface area (Å²) < 4.78 is 29.8. The van der Waals surface area contributed by atoms with Crippen molar-refractivity contribution in [2.45, 2.75) is 74.2 Å². The Kier molecular flexibility index (Phi) is 7.39. The second-order valence-corrected chi connectivity index (χ2v) is 14.7. The molecule has 33 heavy (non-hydrogen) atoms. The van der Waals surface area contributed by atoms with Gasteiger partial charge in [0.2, 0.25) is 0 Å². The van der Waals surface area contributed by atoms with Crippen LogP contribution in [0.1, 0.15) is 52.4 Å². The molecule has 1 saturated carbocycles. The van der Waals surface area contributed by atoms with Crippen LogP contribution in [0.5, 0.6) is 0 Å². The number of carbonyl (C=O) groups is 1. The Morgan fingerprint density at radius 3 is 2.67 bits per heavy atom. The molecule has 2 unspecified atom stereocenters. The number of carboxylic acids is 1. The van der Waals surface area contributed by atoms with Crippen LogP contribution in [0.3, 0.4) is 0 Å². The second kappa shape index (κ2) is 9.52. The molecular weight excluding hydrogens is 584 g/mol. The summed E-state index contributed by atoms with van der Waals surface area (Å²) in [6.07, 6.45) is 7.60. The zero-order valence-corrected chi connectivity index (χ0v) is 22.4. The van der Waals surface area contributed by atoms with Crippen LogP contribution in [0.25, 0.3) is 0 Å². The van der Waals surface area contributed by atoms with Crippen LogP contribution < -0.4 is 32.3 Å². The van der Waals surface area contributed by atoms with E-state index in [1.807, 2.05) is 0 Å². The molecule has 0 bridgehead atoms. The molecule has 0 spiro atoms. The summed E-state index contributed by atoms with van der Waals surface area (Å²) in [5, 5.41) is 13.8. The third kappa shape index (κ3) is 5.08. The fourth-order valence-electron chi connectivity index (χ4n) is 5.38. The summed E-state index contributed by atoms with van der Waals surface area (Å²) in [5.41, 5.74) is 7.46. The Hall–Kier alpha value is -0.480. The van der Waals surface area contributed by atoms with Gasteiger partial charge in [-0.05, 0) is 0 Å². The van der Waals surface area contributed by atoms with Gasteiger partial charge in [-0.1, -0.05) is 0 Å². The van der Waals surface area contributed by atoms with Crippen molar-refractivity contribution >= 4 is 29.2 Å². The summed E-state index contributed by atoms with van der Waals surface area (Å²) in [4.78, 5) is 12.4. The molecule has 5 atom stereocenters. The molecule has 1 heterocycles. The third-order valence-corrected chi connectivity index (χ3v) is 12.0. The van der Waals surface area contributed by atoms with E-state index in [0.29, 0.717) is 39.4 Å². The summed E-state index contributed by atoms with van der Waals surface area (Å²) >= 11 is 10.9. The second-order valence-electron chi connectivity index (χ2n) is 10.2. The predicted molar refractivity (Wildman–Crippen MR) is 123 cm³/mol. The topological polar surface area (TPSA) is 75.3 Å². The Balaban J connectivity index is 1.79. The molecule has 0 aromatic heterocycles. The van der Waals surface area contributed by atoms with Gasteiger partial charge in [-0.25, -0.2) is 0 Å². The van der Waals surface area contributed by atoms with Crippen LogP contribution in [0.15, 0.2) is 43.3 Å². The molecule has 1 aliphatic heterocycles. The Morgan fingerprint density at radius 1 is 1.36 bits per heavy atom. The number of alkyl halides is 2. The normalized spacial score (nSPS) is 35.4. The molecule has 184 valence electrons. The van der Waals surface area contributed by atoms with Gasteiger partial charge in [0.15, 0.2) is 0 Å². The standard InChI is InChI=1S/C24H30Cl2F2IN2O2/c1-23(2,12-6-7-12)11-18-24(30,29-17-9-8-13(25)10-16(17)27)19(21(31-18)22(32)33)14-4-3-5-15(26)20(14)28/h5,8-9,12,16,18-19,21,31H,3-4,6-7,10-11,30H2,1-2H3,(H,32,33)/q-1/t16?,18-,19-,21+,24?/m0/s1. The third-order valence-electron chi connectivity index (χ3n) is 7.38. The average Bonchev–Trinajstić information content (AvgIpc) is 3.54. The van der Waals surface area contributed by atoms with Crippen LogP contribution in [0.2, 0.25) is 0 Å². The monoisotopic (exact) mass is 613 g/mol. The average molecular weight is 614 g/mol.